The third-order valence-electron chi connectivity index (χ3n) is 1.97. The number of aliphatic hydroxyl groups excluding tert-OH is 5. The first-order valence-electron chi connectivity index (χ1n) is 4.83. The minimum atomic E-state index is -1.90. The summed E-state index contributed by atoms with van der Waals surface area (Å²) >= 11 is 0. The zero-order chi connectivity index (χ0) is 13.6. The Morgan fingerprint density at radius 2 is 1.71 bits per heavy atom. The highest BCUT2D eigenvalue weighted by molar-refractivity contribution is 5.73. The number of aldehydes is 1. The second kappa shape index (κ2) is 7.30. The molecule has 5 N–H and O–H groups in total. The Morgan fingerprint density at radius 3 is 2.12 bits per heavy atom. The van der Waals surface area contributed by atoms with E-state index >= 15 is 0 Å². The van der Waals surface area contributed by atoms with Crippen LogP contribution in [0.4, 0.5) is 0 Å². The minimum Gasteiger partial charge on any atom is -0.461 e. The molecule has 1 unspecified atom stereocenters. The molecule has 0 heterocycles. The Balaban J connectivity index is 4.18. The van der Waals surface area contributed by atoms with Gasteiger partial charge in [0.05, 0.1) is 0 Å². The molecule has 100 valence electrons. The molecule has 0 fully saturated rings. The average Bonchev–Trinajstić information content (AvgIpc) is 2.32. The van der Waals surface area contributed by atoms with E-state index in [9.17, 15) is 19.8 Å². The number of hydrogen-bond acceptors (Lipinski definition) is 8. The second-order valence-electron chi connectivity index (χ2n) is 3.48. The monoisotopic (exact) mass is 252 g/mol. The van der Waals surface area contributed by atoms with Crippen LogP contribution in [0.5, 0.6) is 0 Å². The number of rotatable bonds is 7. The van der Waals surface area contributed by atoms with E-state index in [2.05, 4.69) is 4.74 Å². The van der Waals surface area contributed by atoms with Gasteiger partial charge in [-0.3, -0.25) is 0 Å². The minimum absolute atomic E-state index is 0.0115. The summed E-state index contributed by atoms with van der Waals surface area (Å²) < 4.78 is 4.37. The Labute approximate surface area is 97.1 Å². The maximum atomic E-state index is 10.8. The molecule has 0 aliphatic rings. The topological polar surface area (TPSA) is 145 Å². The lowest BCUT2D eigenvalue weighted by Crippen LogP contribution is -2.47. The summed E-state index contributed by atoms with van der Waals surface area (Å²) in [4.78, 5) is 20.9. The SMILES string of the molecule is CC(O)C(=O)OC[C@@H](O)[C@@H](O)[C@H](O)[C@@H](O)C=O. The van der Waals surface area contributed by atoms with E-state index in [0.717, 1.165) is 6.92 Å². The molecule has 0 spiro atoms. The van der Waals surface area contributed by atoms with Crippen LogP contribution in [0, 0.1) is 0 Å². The van der Waals surface area contributed by atoms with Crippen molar-refractivity contribution in [2.24, 2.45) is 0 Å². The summed E-state index contributed by atoms with van der Waals surface area (Å²) in [6, 6.07) is 0. The van der Waals surface area contributed by atoms with Crippen molar-refractivity contribution in [1.82, 2.24) is 0 Å². The van der Waals surface area contributed by atoms with E-state index in [4.69, 9.17) is 15.3 Å². The van der Waals surface area contributed by atoms with Crippen LogP contribution in [0.25, 0.3) is 0 Å². The van der Waals surface area contributed by atoms with Crippen molar-refractivity contribution in [3.05, 3.63) is 0 Å². The zero-order valence-electron chi connectivity index (χ0n) is 9.13. The normalized spacial score (nSPS) is 19.9. The van der Waals surface area contributed by atoms with Gasteiger partial charge in [-0.15, -0.1) is 0 Å². The molecule has 0 aromatic heterocycles. The van der Waals surface area contributed by atoms with E-state index in [0.29, 0.717) is 0 Å². The highest BCUT2D eigenvalue weighted by Crippen LogP contribution is 2.05. The summed E-state index contributed by atoms with van der Waals surface area (Å²) in [5.74, 6) is -1.01. The summed E-state index contributed by atoms with van der Waals surface area (Å²) in [7, 11) is 0. The zero-order valence-corrected chi connectivity index (χ0v) is 9.13. The first-order chi connectivity index (χ1) is 7.81. The quantitative estimate of drug-likeness (QED) is 0.232. The van der Waals surface area contributed by atoms with Gasteiger partial charge in [-0.1, -0.05) is 0 Å². The molecule has 0 aromatic rings. The lowest BCUT2D eigenvalue weighted by atomic mass is 10.0. The van der Waals surface area contributed by atoms with E-state index in [-0.39, 0.29) is 6.29 Å². The molecule has 0 aliphatic heterocycles. The average molecular weight is 252 g/mol. The molecule has 0 aromatic carbocycles. The molecule has 0 radical (unpaired) electrons. The van der Waals surface area contributed by atoms with Crippen LogP contribution in [-0.2, 0) is 14.3 Å². The molecule has 8 nitrogen and oxygen atoms in total. The van der Waals surface area contributed by atoms with Crippen LogP contribution >= 0.6 is 0 Å². The van der Waals surface area contributed by atoms with Gasteiger partial charge < -0.3 is 35.1 Å². The van der Waals surface area contributed by atoms with E-state index < -0.39 is 43.1 Å². The van der Waals surface area contributed by atoms with Crippen molar-refractivity contribution < 1.29 is 39.9 Å². The summed E-state index contributed by atoms with van der Waals surface area (Å²) in [5.41, 5.74) is 0. The van der Waals surface area contributed by atoms with Crippen LogP contribution in [0.2, 0.25) is 0 Å². The van der Waals surface area contributed by atoms with Gasteiger partial charge in [-0.05, 0) is 6.92 Å². The molecular formula is C9H16O8. The lowest BCUT2D eigenvalue weighted by Gasteiger charge is -2.23. The largest absolute Gasteiger partial charge is 0.461 e. The standard InChI is InChI=1S/C9H16O8/c1-4(11)9(16)17-3-6(13)8(15)7(14)5(12)2-10/h2,4-8,11-15H,3H2,1H3/t4?,5-,6+,7+,8+/m0/s1. The van der Waals surface area contributed by atoms with Gasteiger partial charge in [-0.2, -0.15) is 0 Å². The van der Waals surface area contributed by atoms with Crippen LogP contribution in [-0.4, -0.2) is 74.9 Å². The highest BCUT2D eigenvalue weighted by atomic mass is 16.6. The molecule has 5 atom stereocenters. The van der Waals surface area contributed by atoms with Crippen molar-refractivity contribution in [3.63, 3.8) is 0 Å². The number of hydrogen-bond donors (Lipinski definition) is 5. The fraction of sp³-hybridized carbons (Fsp3) is 0.778. The van der Waals surface area contributed by atoms with Crippen LogP contribution in [0.15, 0.2) is 0 Å². The Morgan fingerprint density at radius 1 is 1.18 bits per heavy atom. The molecular weight excluding hydrogens is 236 g/mol. The van der Waals surface area contributed by atoms with Crippen LogP contribution in [0.1, 0.15) is 6.92 Å². The van der Waals surface area contributed by atoms with Crippen molar-refractivity contribution >= 4 is 12.3 Å². The maximum Gasteiger partial charge on any atom is 0.334 e. The third kappa shape index (κ3) is 5.20. The van der Waals surface area contributed by atoms with Crippen molar-refractivity contribution in [1.29, 1.82) is 0 Å². The Hall–Kier alpha value is -1.06. The molecule has 0 aliphatic carbocycles. The van der Waals surface area contributed by atoms with Gasteiger partial charge in [0.15, 0.2) is 6.29 Å². The summed E-state index contributed by atoms with van der Waals surface area (Å²) in [6.07, 6.45) is -8.70. The smallest absolute Gasteiger partial charge is 0.334 e. The van der Waals surface area contributed by atoms with Gasteiger partial charge in [0, 0.05) is 0 Å². The van der Waals surface area contributed by atoms with Crippen LogP contribution in [0.3, 0.4) is 0 Å². The second-order valence-corrected chi connectivity index (χ2v) is 3.48. The van der Waals surface area contributed by atoms with Gasteiger partial charge in [-0.25, -0.2) is 4.79 Å². The fourth-order valence-corrected chi connectivity index (χ4v) is 0.897. The van der Waals surface area contributed by atoms with Crippen molar-refractivity contribution in [3.8, 4) is 0 Å². The molecule has 0 bridgehead atoms. The summed E-state index contributed by atoms with van der Waals surface area (Å²) in [5, 5.41) is 45.3. The highest BCUT2D eigenvalue weighted by Gasteiger charge is 2.31. The van der Waals surface area contributed by atoms with Gasteiger partial charge in [0.1, 0.15) is 37.1 Å². The predicted octanol–water partition coefficient (Wildman–Crippen LogP) is -3.45. The molecule has 0 saturated carbocycles. The van der Waals surface area contributed by atoms with Crippen molar-refractivity contribution in [2.45, 2.75) is 37.4 Å². The number of carbonyl (C=O) groups excluding carboxylic acids is 2. The molecule has 17 heavy (non-hydrogen) atoms. The third-order valence-corrected chi connectivity index (χ3v) is 1.97. The molecule has 0 rings (SSSR count). The van der Waals surface area contributed by atoms with Crippen LogP contribution < -0.4 is 0 Å². The van der Waals surface area contributed by atoms with Crippen molar-refractivity contribution in [2.75, 3.05) is 6.61 Å². The van der Waals surface area contributed by atoms with Gasteiger partial charge >= 0.3 is 5.97 Å². The van der Waals surface area contributed by atoms with E-state index in [1.54, 1.807) is 0 Å². The number of aliphatic hydroxyl groups is 5. The predicted molar refractivity (Wildman–Crippen MR) is 52.7 cm³/mol. The summed E-state index contributed by atoms with van der Waals surface area (Å²) in [6.45, 7) is 0.462. The van der Waals surface area contributed by atoms with Gasteiger partial charge in [0.2, 0.25) is 0 Å². The molecule has 0 amide bonds. The van der Waals surface area contributed by atoms with E-state index in [1.165, 1.54) is 0 Å². The number of esters is 1. The number of carbonyl (C=O) groups is 2. The van der Waals surface area contributed by atoms with E-state index in [1.807, 2.05) is 0 Å². The Bertz CT molecular complexity index is 253. The first-order valence-corrected chi connectivity index (χ1v) is 4.83. The fourth-order valence-electron chi connectivity index (χ4n) is 0.897. The maximum absolute atomic E-state index is 10.8. The lowest BCUT2D eigenvalue weighted by molar-refractivity contribution is -0.163. The first kappa shape index (κ1) is 15.9. The molecule has 8 heteroatoms. The molecule has 0 saturated heterocycles. The Kier molecular flexibility index (Phi) is 6.85. The van der Waals surface area contributed by atoms with Gasteiger partial charge in [0.25, 0.3) is 0 Å². The number of ether oxygens (including phenoxy) is 1.